The maximum atomic E-state index is 12.3. The van der Waals surface area contributed by atoms with Crippen molar-refractivity contribution in [3.8, 4) is 5.75 Å². The van der Waals surface area contributed by atoms with Gasteiger partial charge in [0, 0.05) is 11.7 Å². The summed E-state index contributed by atoms with van der Waals surface area (Å²) in [6, 6.07) is 10.00. The molecular formula is C20H24N2O6S. The van der Waals surface area contributed by atoms with Crippen LogP contribution in [0.2, 0.25) is 0 Å². The van der Waals surface area contributed by atoms with Crippen LogP contribution in [-0.4, -0.2) is 37.5 Å². The lowest BCUT2D eigenvalue weighted by Gasteiger charge is -2.15. The topological polar surface area (TPSA) is 122 Å². The van der Waals surface area contributed by atoms with Crippen molar-refractivity contribution in [1.82, 2.24) is 4.72 Å². The van der Waals surface area contributed by atoms with Crippen molar-refractivity contribution in [3.05, 3.63) is 53.6 Å². The molecule has 0 heterocycles. The lowest BCUT2D eigenvalue weighted by molar-refractivity contribution is -0.123. The van der Waals surface area contributed by atoms with Gasteiger partial charge in [0.15, 0.2) is 6.10 Å². The molecule has 0 aliphatic carbocycles. The van der Waals surface area contributed by atoms with E-state index >= 15 is 0 Å². The molecule has 8 nitrogen and oxygen atoms in total. The summed E-state index contributed by atoms with van der Waals surface area (Å²) in [5, 5.41) is 12.5. The van der Waals surface area contributed by atoms with Crippen molar-refractivity contribution in [2.45, 2.75) is 44.7 Å². The summed E-state index contributed by atoms with van der Waals surface area (Å²) in [6.07, 6.45) is -1.13. The number of anilines is 1. The Balaban J connectivity index is 2.02. The Bertz CT molecular complexity index is 1000. The number of para-hydroxylation sites is 1. The van der Waals surface area contributed by atoms with E-state index in [-0.39, 0.29) is 22.3 Å². The van der Waals surface area contributed by atoms with Gasteiger partial charge in [-0.15, -0.1) is 0 Å². The van der Waals surface area contributed by atoms with E-state index in [1.807, 2.05) is 0 Å². The summed E-state index contributed by atoms with van der Waals surface area (Å²) in [5.74, 6) is -1.62. The van der Waals surface area contributed by atoms with Crippen LogP contribution in [0.3, 0.4) is 0 Å². The summed E-state index contributed by atoms with van der Waals surface area (Å²) in [6.45, 7) is 6.46. The number of benzene rings is 2. The zero-order valence-corrected chi connectivity index (χ0v) is 17.4. The van der Waals surface area contributed by atoms with E-state index < -0.39 is 28.0 Å². The molecule has 2 aromatic carbocycles. The predicted octanol–water partition coefficient (Wildman–Crippen LogP) is 2.57. The van der Waals surface area contributed by atoms with Crippen LogP contribution >= 0.6 is 0 Å². The minimum absolute atomic E-state index is 0.0307. The highest BCUT2D eigenvalue weighted by atomic mass is 32.2. The van der Waals surface area contributed by atoms with Crippen LogP contribution in [0.1, 0.15) is 36.7 Å². The molecule has 0 spiro atoms. The molecule has 0 aromatic heterocycles. The SMILES string of the molecule is Cc1cccc(C(=O)OC(C)C(=O)Nc2ccc(S(=O)(=O)NC(C)C)cc2)c1O. The van der Waals surface area contributed by atoms with Crippen LogP contribution in [0.4, 0.5) is 5.69 Å². The van der Waals surface area contributed by atoms with Gasteiger partial charge in [0.25, 0.3) is 5.91 Å². The summed E-state index contributed by atoms with van der Waals surface area (Å²) in [4.78, 5) is 24.5. The largest absolute Gasteiger partial charge is 0.507 e. The molecule has 2 rings (SSSR count). The van der Waals surface area contributed by atoms with Crippen LogP contribution in [-0.2, 0) is 19.6 Å². The van der Waals surface area contributed by atoms with Gasteiger partial charge in [-0.05, 0) is 63.6 Å². The number of carbonyl (C=O) groups excluding carboxylic acids is 2. The van der Waals surface area contributed by atoms with Gasteiger partial charge in [-0.25, -0.2) is 17.9 Å². The second-order valence-corrected chi connectivity index (χ2v) is 8.52. The van der Waals surface area contributed by atoms with E-state index in [0.29, 0.717) is 11.3 Å². The molecule has 0 fully saturated rings. The normalized spacial score (nSPS) is 12.4. The Morgan fingerprint density at radius 2 is 1.66 bits per heavy atom. The van der Waals surface area contributed by atoms with Gasteiger partial charge in [0.2, 0.25) is 10.0 Å². The quantitative estimate of drug-likeness (QED) is 0.592. The number of aryl methyl sites for hydroxylation is 1. The molecular weight excluding hydrogens is 396 g/mol. The maximum absolute atomic E-state index is 12.3. The Kier molecular flexibility index (Phi) is 6.99. The summed E-state index contributed by atoms with van der Waals surface area (Å²) >= 11 is 0. The van der Waals surface area contributed by atoms with Crippen molar-refractivity contribution in [2.24, 2.45) is 0 Å². The Labute approximate surface area is 169 Å². The lowest BCUT2D eigenvalue weighted by atomic mass is 10.1. The van der Waals surface area contributed by atoms with Crippen molar-refractivity contribution in [3.63, 3.8) is 0 Å². The minimum atomic E-state index is -3.63. The number of rotatable bonds is 7. The Hall–Kier alpha value is -2.91. The highest BCUT2D eigenvalue weighted by molar-refractivity contribution is 7.89. The number of hydrogen-bond donors (Lipinski definition) is 3. The molecule has 1 amide bonds. The van der Waals surface area contributed by atoms with Gasteiger partial charge in [-0.3, -0.25) is 4.79 Å². The first-order valence-corrected chi connectivity index (χ1v) is 10.4. The predicted molar refractivity (Wildman–Crippen MR) is 108 cm³/mol. The molecule has 0 aliphatic heterocycles. The number of phenols is 1. The average molecular weight is 420 g/mol. The van der Waals surface area contributed by atoms with Crippen molar-refractivity contribution < 1.29 is 27.9 Å². The van der Waals surface area contributed by atoms with E-state index in [4.69, 9.17) is 4.74 Å². The third-order valence-electron chi connectivity index (χ3n) is 3.93. The van der Waals surface area contributed by atoms with E-state index in [0.717, 1.165) is 0 Å². The van der Waals surface area contributed by atoms with E-state index in [9.17, 15) is 23.1 Å². The number of esters is 1. The van der Waals surface area contributed by atoms with Gasteiger partial charge >= 0.3 is 5.97 Å². The standard InChI is InChI=1S/C20H24N2O6S/c1-12(2)22-29(26,27)16-10-8-15(9-11-16)21-19(24)14(4)28-20(25)17-7-5-6-13(3)18(17)23/h5-12,14,22-23H,1-4H3,(H,21,24). The molecule has 0 aliphatic rings. The van der Waals surface area contributed by atoms with Gasteiger partial charge in [-0.2, -0.15) is 0 Å². The molecule has 0 bridgehead atoms. The molecule has 2 aromatic rings. The maximum Gasteiger partial charge on any atom is 0.342 e. The first-order valence-electron chi connectivity index (χ1n) is 8.94. The van der Waals surface area contributed by atoms with Crippen LogP contribution in [0, 0.1) is 6.92 Å². The van der Waals surface area contributed by atoms with Crippen LogP contribution in [0.15, 0.2) is 47.4 Å². The monoisotopic (exact) mass is 420 g/mol. The van der Waals surface area contributed by atoms with E-state index in [1.54, 1.807) is 32.9 Å². The number of hydrogen-bond acceptors (Lipinski definition) is 6. The highest BCUT2D eigenvalue weighted by Crippen LogP contribution is 2.22. The van der Waals surface area contributed by atoms with Gasteiger partial charge in [0.05, 0.1) is 4.90 Å². The molecule has 156 valence electrons. The molecule has 3 N–H and O–H groups in total. The van der Waals surface area contributed by atoms with E-state index in [1.165, 1.54) is 37.3 Å². The number of carbonyl (C=O) groups is 2. The van der Waals surface area contributed by atoms with Crippen LogP contribution in [0.5, 0.6) is 5.75 Å². The molecule has 0 saturated carbocycles. The number of aromatic hydroxyl groups is 1. The summed E-state index contributed by atoms with van der Waals surface area (Å²) in [7, 11) is -3.63. The van der Waals surface area contributed by atoms with Crippen molar-refractivity contribution in [1.29, 1.82) is 0 Å². The third-order valence-corrected chi connectivity index (χ3v) is 5.61. The fraction of sp³-hybridized carbons (Fsp3) is 0.300. The fourth-order valence-electron chi connectivity index (χ4n) is 2.44. The zero-order valence-electron chi connectivity index (χ0n) is 16.6. The number of nitrogens with one attached hydrogen (secondary N) is 2. The summed E-state index contributed by atoms with van der Waals surface area (Å²) < 4.78 is 31.8. The van der Waals surface area contributed by atoms with E-state index in [2.05, 4.69) is 10.0 Å². The second-order valence-electron chi connectivity index (χ2n) is 6.81. The van der Waals surface area contributed by atoms with Gasteiger partial charge < -0.3 is 15.2 Å². The molecule has 0 radical (unpaired) electrons. The zero-order chi connectivity index (χ0) is 21.8. The molecule has 0 saturated heterocycles. The molecule has 1 unspecified atom stereocenters. The second kappa shape index (κ2) is 9.06. The molecule has 29 heavy (non-hydrogen) atoms. The van der Waals surface area contributed by atoms with Crippen molar-refractivity contribution >= 4 is 27.6 Å². The average Bonchev–Trinajstić information content (AvgIpc) is 2.63. The number of ether oxygens (including phenoxy) is 1. The van der Waals surface area contributed by atoms with Crippen LogP contribution < -0.4 is 10.0 Å². The van der Waals surface area contributed by atoms with Crippen molar-refractivity contribution in [2.75, 3.05) is 5.32 Å². The molecule has 9 heteroatoms. The smallest absolute Gasteiger partial charge is 0.342 e. The number of sulfonamides is 1. The summed E-state index contributed by atoms with van der Waals surface area (Å²) in [5.41, 5.74) is 0.829. The first-order chi connectivity index (χ1) is 13.5. The third kappa shape index (κ3) is 5.78. The van der Waals surface area contributed by atoms with Gasteiger partial charge in [0.1, 0.15) is 11.3 Å². The van der Waals surface area contributed by atoms with Crippen LogP contribution in [0.25, 0.3) is 0 Å². The first kappa shape index (κ1) is 22.4. The Morgan fingerprint density at radius 3 is 2.24 bits per heavy atom. The Morgan fingerprint density at radius 1 is 1.03 bits per heavy atom. The lowest BCUT2D eigenvalue weighted by Crippen LogP contribution is -2.30. The highest BCUT2D eigenvalue weighted by Gasteiger charge is 2.22. The number of phenolic OH excluding ortho intramolecular Hbond substituents is 1. The molecule has 1 atom stereocenters. The minimum Gasteiger partial charge on any atom is -0.507 e. The van der Waals surface area contributed by atoms with Gasteiger partial charge in [-0.1, -0.05) is 12.1 Å². The fourth-order valence-corrected chi connectivity index (χ4v) is 3.69. The number of amides is 1.